The molecule has 3 rings (SSSR count). The minimum atomic E-state index is -4.72. The van der Waals surface area contributed by atoms with Crippen molar-refractivity contribution in [2.24, 2.45) is 0 Å². The maximum Gasteiger partial charge on any atom is 0.425 e. The summed E-state index contributed by atoms with van der Waals surface area (Å²) < 4.78 is 59.5. The van der Waals surface area contributed by atoms with Crippen LogP contribution in [0.2, 0.25) is 5.02 Å². The van der Waals surface area contributed by atoms with Crippen LogP contribution in [0.1, 0.15) is 28.5 Å². The Balaban J connectivity index is 2.09. The lowest BCUT2D eigenvalue weighted by Gasteiger charge is -2.21. The summed E-state index contributed by atoms with van der Waals surface area (Å²) in [5.41, 5.74) is 0.521. The highest BCUT2D eigenvalue weighted by molar-refractivity contribution is 6.31. The van der Waals surface area contributed by atoms with Crippen LogP contribution in [0.5, 0.6) is 5.75 Å². The number of aryl methyl sites for hydroxylation is 1. The van der Waals surface area contributed by atoms with Crippen LogP contribution >= 0.6 is 11.6 Å². The van der Waals surface area contributed by atoms with Crippen molar-refractivity contribution in [1.82, 2.24) is 4.98 Å². The molecule has 0 aliphatic heterocycles. The van der Waals surface area contributed by atoms with Crippen molar-refractivity contribution in [3.8, 4) is 17.0 Å². The Labute approximate surface area is 192 Å². The lowest BCUT2D eigenvalue weighted by Crippen LogP contribution is -2.32. The molecule has 0 saturated carbocycles. The van der Waals surface area contributed by atoms with E-state index in [1.165, 1.54) is 12.1 Å². The Morgan fingerprint density at radius 3 is 2.55 bits per heavy atom. The summed E-state index contributed by atoms with van der Waals surface area (Å²) >= 11 is 5.91. The maximum absolute atomic E-state index is 15.0. The van der Waals surface area contributed by atoms with E-state index in [0.717, 1.165) is 19.1 Å². The van der Waals surface area contributed by atoms with Crippen molar-refractivity contribution < 1.29 is 32.2 Å². The molecule has 0 spiro atoms. The highest BCUT2D eigenvalue weighted by Gasteiger charge is 2.39. The predicted molar refractivity (Wildman–Crippen MR) is 116 cm³/mol. The molecule has 0 bridgehead atoms. The van der Waals surface area contributed by atoms with Crippen LogP contribution in [-0.2, 0) is 6.61 Å². The second-order valence-electron chi connectivity index (χ2n) is 7.18. The number of pyridine rings is 1. The number of halogens is 5. The minimum Gasteiger partial charge on any atom is -0.480 e. The first-order valence-electron chi connectivity index (χ1n) is 9.71. The molecule has 1 amide bonds. The molecule has 174 valence electrons. The summed E-state index contributed by atoms with van der Waals surface area (Å²) in [7, 11) is 0. The number of carbonyl (C=O) groups is 1. The molecule has 0 unspecified atom stereocenters. The number of aliphatic hydroxyl groups excluding tert-OH is 1. The van der Waals surface area contributed by atoms with E-state index < -0.39 is 41.9 Å². The van der Waals surface area contributed by atoms with Gasteiger partial charge in [0, 0.05) is 11.3 Å². The maximum atomic E-state index is 15.0. The van der Waals surface area contributed by atoms with E-state index in [0.29, 0.717) is 11.3 Å². The number of hydrogen-bond donors (Lipinski definition) is 2. The fourth-order valence-corrected chi connectivity index (χ4v) is 3.09. The zero-order chi connectivity index (χ0) is 24.3. The second kappa shape index (κ2) is 9.76. The molecule has 0 aliphatic rings. The zero-order valence-electron chi connectivity index (χ0n) is 17.5. The van der Waals surface area contributed by atoms with E-state index in [1.54, 1.807) is 31.2 Å². The molecule has 2 aromatic carbocycles. The molecule has 2 N–H and O–H groups in total. The van der Waals surface area contributed by atoms with Gasteiger partial charge in [-0.2, -0.15) is 13.2 Å². The van der Waals surface area contributed by atoms with Gasteiger partial charge in [0.2, 0.25) is 0 Å². The van der Waals surface area contributed by atoms with Crippen molar-refractivity contribution in [2.75, 3.05) is 5.32 Å². The van der Waals surface area contributed by atoms with E-state index in [1.807, 2.05) is 0 Å². The number of rotatable bonds is 6. The number of aromatic nitrogens is 1. The van der Waals surface area contributed by atoms with E-state index in [-0.39, 0.29) is 22.0 Å². The fraction of sp³-hybridized carbons (Fsp3) is 0.217. The number of aliphatic hydroxyl groups is 1. The number of hydrogen-bond acceptors (Lipinski definition) is 4. The van der Waals surface area contributed by atoms with Crippen LogP contribution in [0.3, 0.4) is 0 Å². The molecule has 5 nitrogen and oxygen atoms in total. The van der Waals surface area contributed by atoms with Crippen LogP contribution < -0.4 is 10.1 Å². The van der Waals surface area contributed by atoms with Crippen molar-refractivity contribution in [3.63, 3.8) is 0 Å². The van der Waals surface area contributed by atoms with Gasteiger partial charge < -0.3 is 15.2 Å². The van der Waals surface area contributed by atoms with Gasteiger partial charge in [-0.05, 0) is 49.7 Å². The van der Waals surface area contributed by atoms with Gasteiger partial charge in [-0.1, -0.05) is 29.8 Å². The van der Waals surface area contributed by atoms with E-state index in [4.69, 9.17) is 16.3 Å². The molecule has 10 heteroatoms. The summed E-state index contributed by atoms with van der Waals surface area (Å²) in [6, 6.07) is 11.2. The molecule has 1 atom stereocenters. The number of ether oxygens (including phenoxy) is 1. The molecule has 3 aromatic rings. The Morgan fingerprint density at radius 1 is 1.21 bits per heavy atom. The van der Waals surface area contributed by atoms with Gasteiger partial charge in [-0.25, -0.2) is 9.37 Å². The number of nitrogens with one attached hydrogen (secondary N) is 1. The second-order valence-corrected chi connectivity index (χ2v) is 7.59. The molecule has 33 heavy (non-hydrogen) atoms. The number of nitrogens with zero attached hydrogens (tertiary/aromatic N) is 1. The van der Waals surface area contributed by atoms with Crippen molar-refractivity contribution >= 4 is 23.2 Å². The van der Waals surface area contributed by atoms with E-state index in [2.05, 4.69) is 10.3 Å². The first-order valence-corrected chi connectivity index (χ1v) is 10.1. The van der Waals surface area contributed by atoms with Crippen molar-refractivity contribution in [2.45, 2.75) is 32.7 Å². The lowest BCUT2D eigenvalue weighted by atomic mass is 10.0. The molecule has 0 radical (unpaired) electrons. The van der Waals surface area contributed by atoms with Gasteiger partial charge in [-0.15, -0.1) is 0 Å². The number of anilines is 1. The number of amides is 1. The van der Waals surface area contributed by atoms with Crippen molar-refractivity contribution in [1.29, 1.82) is 0 Å². The summed E-state index contributed by atoms with van der Waals surface area (Å²) in [5, 5.41) is 12.1. The highest BCUT2D eigenvalue weighted by Crippen LogP contribution is 2.34. The average Bonchev–Trinajstić information content (AvgIpc) is 2.76. The summed E-state index contributed by atoms with van der Waals surface area (Å²) in [6.45, 7) is 1.98. The number of alkyl halides is 3. The third kappa shape index (κ3) is 5.61. The molecule has 0 fully saturated rings. The first-order chi connectivity index (χ1) is 15.5. The molecule has 1 heterocycles. The van der Waals surface area contributed by atoms with Gasteiger partial charge in [-0.3, -0.25) is 4.79 Å². The molecule has 0 aliphatic carbocycles. The number of para-hydroxylation sites is 1. The van der Waals surface area contributed by atoms with Crippen molar-refractivity contribution in [3.05, 3.63) is 76.2 Å². The van der Waals surface area contributed by atoms with E-state index in [9.17, 15) is 23.1 Å². The van der Waals surface area contributed by atoms with Gasteiger partial charge >= 0.3 is 6.18 Å². The monoisotopic (exact) mass is 482 g/mol. The van der Waals surface area contributed by atoms with Gasteiger partial charge in [0.15, 0.2) is 6.10 Å². The minimum absolute atomic E-state index is 0.00340. The third-order valence-corrected chi connectivity index (χ3v) is 5.16. The Kier molecular flexibility index (Phi) is 7.24. The molecular formula is C23H19ClF4N2O3. The van der Waals surface area contributed by atoms with Crippen LogP contribution in [-0.4, -0.2) is 28.3 Å². The fourth-order valence-electron chi connectivity index (χ4n) is 2.93. The number of carbonyl (C=O) groups excluding carboxylic acids is 1. The van der Waals surface area contributed by atoms with Crippen LogP contribution in [0, 0.1) is 12.7 Å². The van der Waals surface area contributed by atoms with Crippen LogP contribution in [0.4, 0.5) is 23.2 Å². The Bertz CT molecular complexity index is 1180. The Morgan fingerprint density at radius 2 is 1.91 bits per heavy atom. The zero-order valence-corrected chi connectivity index (χ0v) is 18.3. The summed E-state index contributed by atoms with van der Waals surface area (Å²) in [5.74, 6) is -2.25. The summed E-state index contributed by atoms with van der Waals surface area (Å²) in [4.78, 5) is 16.9. The SMILES string of the molecule is Cc1ccccc1NC(=O)c1cc(F)c(-c2ccc(Cl)c(CO)n2)cc1O[C@@H](C)C(F)(F)F. The average molecular weight is 483 g/mol. The van der Waals surface area contributed by atoms with E-state index >= 15 is 4.39 Å². The molecule has 1 aromatic heterocycles. The third-order valence-electron chi connectivity index (χ3n) is 4.82. The van der Waals surface area contributed by atoms with Gasteiger partial charge in [0.1, 0.15) is 11.6 Å². The van der Waals surface area contributed by atoms with Crippen LogP contribution in [0.15, 0.2) is 48.5 Å². The predicted octanol–water partition coefficient (Wildman–Crippen LogP) is 5.92. The topological polar surface area (TPSA) is 71.5 Å². The van der Waals surface area contributed by atoms with Gasteiger partial charge in [0.05, 0.1) is 28.6 Å². The van der Waals surface area contributed by atoms with Gasteiger partial charge in [0.25, 0.3) is 5.91 Å². The quantitative estimate of drug-likeness (QED) is 0.428. The largest absolute Gasteiger partial charge is 0.480 e. The number of benzene rings is 2. The standard InChI is InChI=1S/C23H19ClF4N2O3/c1-12-5-3-4-6-18(12)30-22(32)15-9-17(25)14(10-21(15)33-13(2)23(26,27)28)19-8-7-16(24)20(11-31)29-19/h3-10,13,31H,11H2,1-2H3,(H,30,32)/t13-/m0/s1. The normalized spacial score (nSPS) is 12.4. The first kappa shape index (κ1) is 24.5. The molecule has 0 saturated heterocycles. The molecular weight excluding hydrogens is 464 g/mol. The smallest absolute Gasteiger partial charge is 0.425 e. The lowest BCUT2D eigenvalue weighted by molar-refractivity contribution is -0.189. The summed E-state index contributed by atoms with van der Waals surface area (Å²) in [6.07, 6.45) is -6.99. The highest BCUT2D eigenvalue weighted by atomic mass is 35.5. The Hall–Kier alpha value is -3.17. The van der Waals surface area contributed by atoms with Crippen LogP contribution in [0.25, 0.3) is 11.3 Å².